The number of benzene rings is 2. The second-order valence-electron chi connectivity index (χ2n) is 6.97. The second kappa shape index (κ2) is 5.54. The molecular formula is C21H21NS. The Morgan fingerprint density at radius 3 is 2.35 bits per heavy atom. The molecule has 23 heavy (non-hydrogen) atoms. The average Bonchev–Trinajstić information content (AvgIpc) is 2.84. The van der Waals surface area contributed by atoms with Gasteiger partial charge in [-0.3, -0.25) is 0 Å². The minimum atomic E-state index is 0.700. The Labute approximate surface area is 142 Å². The van der Waals surface area contributed by atoms with Gasteiger partial charge in [0, 0.05) is 22.7 Å². The van der Waals surface area contributed by atoms with Gasteiger partial charge in [0.2, 0.25) is 0 Å². The van der Waals surface area contributed by atoms with Crippen molar-refractivity contribution in [3.05, 3.63) is 70.8 Å². The molecule has 3 heterocycles. The lowest BCUT2D eigenvalue weighted by Crippen LogP contribution is -2.35. The predicted octanol–water partition coefficient (Wildman–Crippen LogP) is 5.01. The first-order chi connectivity index (χ1) is 11.4. The van der Waals surface area contributed by atoms with Crippen LogP contribution in [-0.4, -0.2) is 12.1 Å². The molecule has 0 aromatic heterocycles. The molecule has 2 atom stereocenters. The van der Waals surface area contributed by atoms with Gasteiger partial charge in [0.05, 0.1) is 0 Å². The molecule has 0 aliphatic carbocycles. The van der Waals surface area contributed by atoms with Gasteiger partial charge in [0.1, 0.15) is 0 Å². The lowest BCUT2D eigenvalue weighted by atomic mass is 9.85. The van der Waals surface area contributed by atoms with Crippen LogP contribution in [0.1, 0.15) is 42.4 Å². The largest absolute Gasteiger partial charge is 0.311 e. The van der Waals surface area contributed by atoms with Crippen molar-refractivity contribution in [3.63, 3.8) is 0 Å². The fourth-order valence-electron chi connectivity index (χ4n) is 4.48. The van der Waals surface area contributed by atoms with Crippen molar-refractivity contribution >= 4 is 17.3 Å². The molecule has 5 rings (SSSR count). The predicted molar refractivity (Wildman–Crippen MR) is 97.6 cm³/mol. The molecule has 0 radical (unpaired) electrons. The smallest absolute Gasteiger partial charge is 0.0238 e. The maximum atomic E-state index is 3.78. The molecule has 0 spiro atoms. The summed E-state index contributed by atoms with van der Waals surface area (Å²) < 4.78 is 0. The fourth-order valence-corrected chi connectivity index (χ4v) is 5.54. The van der Waals surface area contributed by atoms with Gasteiger partial charge >= 0.3 is 0 Å². The van der Waals surface area contributed by atoms with Crippen LogP contribution >= 0.6 is 11.8 Å². The van der Waals surface area contributed by atoms with Crippen LogP contribution < -0.4 is 5.32 Å². The topological polar surface area (TPSA) is 12.0 Å². The minimum Gasteiger partial charge on any atom is -0.311 e. The molecule has 1 nitrogen and oxygen atoms in total. The maximum Gasteiger partial charge on any atom is 0.0238 e. The first-order valence-corrected chi connectivity index (χ1v) is 9.65. The highest BCUT2D eigenvalue weighted by Crippen LogP contribution is 2.44. The number of rotatable bonds is 0. The molecular weight excluding hydrogens is 298 g/mol. The summed E-state index contributed by atoms with van der Waals surface area (Å²) in [5.41, 5.74) is 7.64. The van der Waals surface area contributed by atoms with E-state index >= 15 is 0 Å². The van der Waals surface area contributed by atoms with Crippen molar-refractivity contribution in [1.82, 2.24) is 5.32 Å². The van der Waals surface area contributed by atoms with E-state index in [1.165, 1.54) is 47.3 Å². The zero-order valence-corrected chi connectivity index (χ0v) is 14.0. The van der Waals surface area contributed by atoms with Crippen LogP contribution in [0.5, 0.6) is 0 Å². The molecule has 2 heteroatoms. The zero-order chi connectivity index (χ0) is 15.2. The number of hydrogen-bond donors (Lipinski definition) is 1. The zero-order valence-electron chi connectivity index (χ0n) is 13.2. The normalized spacial score (nSPS) is 25.7. The number of fused-ring (bicyclic) bond motifs is 4. The van der Waals surface area contributed by atoms with Crippen LogP contribution in [0.2, 0.25) is 0 Å². The van der Waals surface area contributed by atoms with E-state index in [-0.39, 0.29) is 0 Å². The quantitative estimate of drug-likeness (QED) is 0.732. The second-order valence-corrected chi connectivity index (χ2v) is 7.98. The van der Waals surface area contributed by atoms with E-state index in [1.54, 1.807) is 11.1 Å². The van der Waals surface area contributed by atoms with E-state index in [0.29, 0.717) is 12.1 Å². The van der Waals surface area contributed by atoms with Crippen molar-refractivity contribution in [2.75, 3.05) is 0 Å². The van der Waals surface area contributed by atoms with Crippen LogP contribution in [0, 0.1) is 0 Å². The summed E-state index contributed by atoms with van der Waals surface area (Å²) in [6.07, 6.45) is 5.14. The van der Waals surface area contributed by atoms with Crippen molar-refractivity contribution in [2.24, 2.45) is 0 Å². The van der Waals surface area contributed by atoms with Gasteiger partial charge in [-0.25, -0.2) is 0 Å². The Morgan fingerprint density at radius 2 is 1.52 bits per heavy atom. The van der Waals surface area contributed by atoms with Gasteiger partial charge in [0.25, 0.3) is 0 Å². The van der Waals surface area contributed by atoms with Gasteiger partial charge in [-0.2, -0.15) is 0 Å². The van der Waals surface area contributed by atoms with Gasteiger partial charge < -0.3 is 5.32 Å². The highest BCUT2D eigenvalue weighted by Gasteiger charge is 2.33. The number of nitrogens with one attached hydrogen (secondary N) is 1. The highest BCUT2D eigenvalue weighted by molar-refractivity contribution is 7.98. The van der Waals surface area contributed by atoms with Crippen LogP contribution in [0.3, 0.4) is 0 Å². The fraction of sp³-hybridized carbons (Fsp3) is 0.333. The van der Waals surface area contributed by atoms with Crippen molar-refractivity contribution in [2.45, 2.75) is 48.4 Å². The van der Waals surface area contributed by atoms with Crippen LogP contribution in [0.4, 0.5) is 0 Å². The molecule has 2 aromatic rings. The van der Waals surface area contributed by atoms with E-state index in [0.717, 1.165) is 5.75 Å². The van der Waals surface area contributed by atoms with Crippen LogP contribution in [0.15, 0.2) is 59.0 Å². The highest BCUT2D eigenvalue weighted by atomic mass is 32.2. The Morgan fingerprint density at radius 1 is 0.826 bits per heavy atom. The third-order valence-corrected chi connectivity index (χ3v) is 6.62. The molecule has 2 bridgehead atoms. The molecule has 1 N–H and O–H groups in total. The standard InChI is InChI=1S/C21H21NS/c1-2-6-18-14(5-1)13-23-20-8-4-3-7-19(20)21(18)15-11-16-9-10-17(12-15)22-16/h1-8,16-17,22H,9-13H2. The van der Waals surface area contributed by atoms with Gasteiger partial charge in [0.15, 0.2) is 0 Å². The summed E-state index contributed by atoms with van der Waals surface area (Å²) in [4.78, 5) is 1.44. The van der Waals surface area contributed by atoms with E-state index < -0.39 is 0 Å². The summed E-state index contributed by atoms with van der Waals surface area (Å²) in [5.74, 6) is 1.08. The summed E-state index contributed by atoms with van der Waals surface area (Å²) in [6.45, 7) is 0. The first kappa shape index (κ1) is 13.9. The summed E-state index contributed by atoms with van der Waals surface area (Å²) >= 11 is 1.99. The maximum absolute atomic E-state index is 3.78. The Hall–Kier alpha value is -1.51. The molecule has 116 valence electrons. The van der Waals surface area contributed by atoms with Gasteiger partial charge in [-0.05, 0) is 54.0 Å². The lowest BCUT2D eigenvalue weighted by molar-refractivity contribution is 0.475. The van der Waals surface area contributed by atoms with E-state index in [1.807, 2.05) is 11.8 Å². The molecule has 3 aliphatic rings. The Bertz CT molecular complexity index is 728. The third kappa shape index (κ3) is 2.36. The number of hydrogen-bond acceptors (Lipinski definition) is 2. The summed E-state index contributed by atoms with van der Waals surface area (Å²) in [5, 5.41) is 3.78. The molecule has 3 aliphatic heterocycles. The SMILES string of the molecule is c1ccc2c(c1)CSc1ccccc1C2=C1CC2CCC(C1)N2. The van der Waals surface area contributed by atoms with Crippen molar-refractivity contribution < 1.29 is 0 Å². The summed E-state index contributed by atoms with van der Waals surface area (Å²) in [6, 6.07) is 19.4. The number of piperidine rings is 1. The summed E-state index contributed by atoms with van der Waals surface area (Å²) in [7, 11) is 0. The minimum absolute atomic E-state index is 0.700. The van der Waals surface area contributed by atoms with E-state index in [2.05, 4.69) is 53.8 Å². The first-order valence-electron chi connectivity index (χ1n) is 8.67. The van der Waals surface area contributed by atoms with Crippen molar-refractivity contribution in [1.29, 1.82) is 0 Å². The molecule has 2 unspecified atom stereocenters. The van der Waals surface area contributed by atoms with E-state index in [4.69, 9.17) is 0 Å². The lowest BCUT2D eigenvalue weighted by Gasteiger charge is -2.27. The Kier molecular flexibility index (Phi) is 3.34. The molecule has 2 saturated heterocycles. The van der Waals surface area contributed by atoms with Crippen molar-refractivity contribution in [3.8, 4) is 0 Å². The van der Waals surface area contributed by atoms with Gasteiger partial charge in [-0.15, -0.1) is 11.8 Å². The Balaban J connectivity index is 1.76. The average molecular weight is 319 g/mol. The third-order valence-electron chi connectivity index (χ3n) is 5.50. The van der Waals surface area contributed by atoms with Crippen LogP contribution in [-0.2, 0) is 5.75 Å². The molecule has 2 aromatic carbocycles. The van der Waals surface area contributed by atoms with E-state index in [9.17, 15) is 0 Å². The van der Waals surface area contributed by atoms with Crippen LogP contribution in [0.25, 0.3) is 5.57 Å². The number of thioether (sulfide) groups is 1. The van der Waals surface area contributed by atoms with Gasteiger partial charge in [-0.1, -0.05) is 48.0 Å². The molecule has 2 fully saturated rings. The monoisotopic (exact) mass is 319 g/mol. The molecule has 0 amide bonds. The molecule has 0 saturated carbocycles.